The predicted molar refractivity (Wildman–Crippen MR) is 84.5 cm³/mol. The molecule has 1 aromatic carbocycles. The smallest absolute Gasteiger partial charge is 0.282 e. The number of rotatable bonds is 1. The van der Waals surface area contributed by atoms with E-state index in [2.05, 4.69) is 33.2 Å². The van der Waals surface area contributed by atoms with E-state index in [1.54, 1.807) is 6.20 Å². The molecule has 1 unspecified atom stereocenters. The van der Waals surface area contributed by atoms with Crippen LogP contribution in [0.2, 0.25) is 0 Å². The summed E-state index contributed by atoms with van der Waals surface area (Å²) in [5, 5.41) is 0. The lowest BCUT2D eigenvalue weighted by Crippen LogP contribution is -2.35. The molecule has 1 aromatic heterocycles. The largest absolute Gasteiger partial charge is 0.463 e. The third kappa shape index (κ3) is 2.13. The van der Waals surface area contributed by atoms with Gasteiger partial charge in [-0.15, -0.1) is 0 Å². The van der Waals surface area contributed by atoms with E-state index < -0.39 is 0 Å². The zero-order valence-corrected chi connectivity index (χ0v) is 12.5. The minimum absolute atomic E-state index is 0.173. The van der Waals surface area contributed by atoms with Gasteiger partial charge >= 0.3 is 0 Å². The molecule has 112 valence electrons. The summed E-state index contributed by atoms with van der Waals surface area (Å²) in [4.78, 5) is 13.4. The fourth-order valence-corrected chi connectivity index (χ4v) is 3.45. The molecule has 5 nitrogen and oxygen atoms in total. The molecule has 0 radical (unpaired) electrons. The Labute approximate surface area is 129 Å². The number of benzene rings is 1. The maximum Gasteiger partial charge on any atom is 0.282 e. The molecule has 2 aromatic rings. The summed E-state index contributed by atoms with van der Waals surface area (Å²) in [5.41, 5.74) is 11.3. The molecule has 0 amide bonds. The van der Waals surface area contributed by atoms with Gasteiger partial charge in [-0.1, -0.05) is 18.2 Å². The summed E-state index contributed by atoms with van der Waals surface area (Å²) in [6, 6.07) is 6.71. The molecule has 0 saturated carbocycles. The third-order valence-corrected chi connectivity index (χ3v) is 4.50. The summed E-state index contributed by atoms with van der Waals surface area (Å²) in [7, 11) is 0. The zero-order chi connectivity index (χ0) is 15.2. The first-order valence-corrected chi connectivity index (χ1v) is 7.53. The van der Waals surface area contributed by atoms with Crippen LogP contribution in [0.5, 0.6) is 0 Å². The van der Waals surface area contributed by atoms with Gasteiger partial charge < -0.3 is 10.5 Å². The molecule has 1 atom stereocenters. The number of nitrogens with two attached hydrogens (primary N) is 1. The first kappa shape index (κ1) is 13.2. The fraction of sp³-hybridized carbons (Fsp3) is 0.353. The Morgan fingerprint density at radius 1 is 1.27 bits per heavy atom. The van der Waals surface area contributed by atoms with Crippen LogP contribution in [0, 0.1) is 6.92 Å². The molecule has 0 bridgehead atoms. The van der Waals surface area contributed by atoms with Crippen LogP contribution >= 0.6 is 0 Å². The van der Waals surface area contributed by atoms with Gasteiger partial charge in [0.2, 0.25) is 0 Å². The van der Waals surface area contributed by atoms with Crippen molar-refractivity contribution in [3.8, 4) is 11.3 Å². The van der Waals surface area contributed by atoms with Gasteiger partial charge in [-0.05, 0) is 30.9 Å². The Balaban J connectivity index is 1.76. The van der Waals surface area contributed by atoms with Crippen molar-refractivity contribution < 1.29 is 4.74 Å². The lowest BCUT2D eigenvalue weighted by Gasteiger charge is -2.31. The number of hydrogen-bond donors (Lipinski definition) is 1. The minimum Gasteiger partial charge on any atom is -0.463 e. The maximum atomic E-state index is 5.71. The van der Waals surface area contributed by atoms with Crippen LogP contribution in [0.25, 0.3) is 11.3 Å². The molecule has 0 fully saturated rings. The van der Waals surface area contributed by atoms with Crippen LogP contribution < -0.4 is 5.73 Å². The molecule has 4 rings (SSSR count). The highest BCUT2D eigenvalue weighted by molar-refractivity contribution is 5.74. The highest BCUT2D eigenvalue weighted by Crippen LogP contribution is 2.38. The number of ether oxygens (including phenoxy) is 1. The van der Waals surface area contributed by atoms with Gasteiger partial charge in [-0.3, -0.25) is 4.98 Å². The quantitative estimate of drug-likeness (QED) is 0.873. The molecule has 5 heteroatoms. The van der Waals surface area contributed by atoms with Crippen LogP contribution in [-0.4, -0.2) is 28.1 Å². The highest BCUT2D eigenvalue weighted by atomic mass is 16.5. The molecular weight excluding hydrogens is 276 g/mol. The van der Waals surface area contributed by atoms with E-state index >= 15 is 0 Å². The number of nitrogens with zero attached hydrogens (tertiary/aromatic N) is 3. The van der Waals surface area contributed by atoms with Crippen molar-refractivity contribution in [3.63, 3.8) is 0 Å². The van der Waals surface area contributed by atoms with Gasteiger partial charge in [0.1, 0.15) is 12.1 Å². The van der Waals surface area contributed by atoms with Gasteiger partial charge in [0, 0.05) is 18.2 Å². The van der Waals surface area contributed by atoms with Crippen LogP contribution in [0.3, 0.4) is 0 Å². The average Bonchev–Trinajstić information content (AvgIpc) is 2.87. The summed E-state index contributed by atoms with van der Waals surface area (Å²) in [6.45, 7) is 2.56. The van der Waals surface area contributed by atoms with Gasteiger partial charge in [0.15, 0.2) is 0 Å². The number of amidine groups is 1. The van der Waals surface area contributed by atoms with Gasteiger partial charge in [-0.2, -0.15) is 0 Å². The van der Waals surface area contributed by atoms with Crippen molar-refractivity contribution >= 4 is 6.02 Å². The minimum atomic E-state index is -0.173. The topological polar surface area (TPSA) is 73.4 Å². The summed E-state index contributed by atoms with van der Waals surface area (Å²) < 4.78 is 5.40. The standard InChI is InChI=1S/C17H18N4O/c1-11-8-19-9-15(20-11)14-4-2-3-12-7-17(6-5-13(12)14)10-22-16(18)21-17/h2-4,8-9H,5-7,10H2,1H3,(H2,18,21). The normalized spacial score (nSPS) is 23.0. The third-order valence-electron chi connectivity index (χ3n) is 4.50. The van der Waals surface area contributed by atoms with E-state index in [1.807, 2.05) is 13.1 Å². The van der Waals surface area contributed by atoms with E-state index in [0.29, 0.717) is 12.6 Å². The second-order valence-corrected chi connectivity index (χ2v) is 6.13. The highest BCUT2D eigenvalue weighted by Gasteiger charge is 2.39. The van der Waals surface area contributed by atoms with Crippen molar-refractivity contribution in [1.29, 1.82) is 0 Å². The molecule has 0 saturated heterocycles. The van der Waals surface area contributed by atoms with Crippen molar-refractivity contribution in [3.05, 3.63) is 47.4 Å². The summed E-state index contributed by atoms with van der Waals surface area (Å²) in [5.74, 6) is 0. The number of fused-ring (bicyclic) bond motifs is 1. The number of hydrogen-bond acceptors (Lipinski definition) is 5. The predicted octanol–water partition coefficient (Wildman–Crippen LogP) is 2.02. The number of aryl methyl sites for hydroxylation is 1. The molecule has 1 aliphatic heterocycles. The van der Waals surface area contributed by atoms with E-state index in [9.17, 15) is 0 Å². The molecular formula is C17H18N4O. The molecule has 2 heterocycles. The second kappa shape index (κ2) is 4.80. The van der Waals surface area contributed by atoms with E-state index in [4.69, 9.17) is 10.5 Å². The van der Waals surface area contributed by atoms with E-state index in [0.717, 1.165) is 30.7 Å². The van der Waals surface area contributed by atoms with Gasteiger partial charge in [0.05, 0.1) is 17.6 Å². The van der Waals surface area contributed by atoms with E-state index in [-0.39, 0.29) is 5.54 Å². The first-order chi connectivity index (χ1) is 10.7. The van der Waals surface area contributed by atoms with Crippen molar-refractivity contribution in [2.75, 3.05) is 6.61 Å². The van der Waals surface area contributed by atoms with Crippen molar-refractivity contribution in [2.45, 2.75) is 31.7 Å². The van der Waals surface area contributed by atoms with Crippen molar-refractivity contribution in [2.24, 2.45) is 10.7 Å². The van der Waals surface area contributed by atoms with Crippen LogP contribution in [0.1, 0.15) is 23.2 Å². The second-order valence-electron chi connectivity index (χ2n) is 6.13. The summed E-state index contributed by atoms with van der Waals surface area (Å²) in [6.07, 6.45) is 6.40. The molecule has 1 spiro atoms. The lowest BCUT2D eigenvalue weighted by atomic mass is 9.77. The number of aromatic nitrogens is 2. The summed E-state index contributed by atoms with van der Waals surface area (Å²) >= 11 is 0. The average molecular weight is 294 g/mol. The molecule has 1 aliphatic carbocycles. The fourth-order valence-electron chi connectivity index (χ4n) is 3.45. The van der Waals surface area contributed by atoms with Gasteiger partial charge in [-0.25, -0.2) is 9.98 Å². The van der Waals surface area contributed by atoms with Crippen LogP contribution in [0.15, 0.2) is 35.6 Å². The maximum absolute atomic E-state index is 5.71. The van der Waals surface area contributed by atoms with Crippen molar-refractivity contribution in [1.82, 2.24) is 9.97 Å². The van der Waals surface area contributed by atoms with Gasteiger partial charge in [0.25, 0.3) is 6.02 Å². The SMILES string of the molecule is Cc1cncc(-c2cccc3c2CCC2(COC(N)=N2)C3)n1. The number of aliphatic imine (C=N–C) groups is 1. The lowest BCUT2D eigenvalue weighted by molar-refractivity contribution is 0.235. The van der Waals surface area contributed by atoms with Crippen LogP contribution in [-0.2, 0) is 17.6 Å². The Morgan fingerprint density at radius 3 is 2.95 bits per heavy atom. The first-order valence-electron chi connectivity index (χ1n) is 7.53. The Kier molecular flexibility index (Phi) is 2.89. The Hall–Kier alpha value is -2.43. The van der Waals surface area contributed by atoms with Crippen LogP contribution in [0.4, 0.5) is 0 Å². The van der Waals surface area contributed by atoms with E-state index in [1.165, 1.54) is 16.7 Å². The monoisotopic (exact) mass is 294 g/mol. The molecule has 22 heavy (non-hydrogen) atoms. The Morgan fingerprint density at radius 2 is 2.18 bits per heavy atom. The molecule has 2 N–H and O–H groups in total. The Bertz CT molecular complexity index is 771. The molecule has 2 aliphatic rings. The zero-order valence-electron chi connectivity index (χ0n) is 12.5.